The van der Waals surface area contributed by atoms with Gasteiger partial charge in [-0.1, -0.05) is 42.3 Å². The molecule has 45 heavy (non-hydrogen) atoms. The summed E-state index contributed by atoms with van der Waals surface area (Å²) in [5.41, 5.74) is 1.24. The van der Waals surface area contributed by atoms with Crippen molar-refractivity contribution in [3.05, 3.63) is 101 Å². The number of aromatic nitrogens is 3. The number of pyridine rings is 1. The molecule has 3 heterocycles. The molecule has 2 amide bonds. The van der Waals surface area contributed by atoms with Gasteiger partial charge in [0.15, 0.2) is 12.4 Å². The number of nitrogens with one attached hydrogen (secondary N) is 2. The molecular formula is C31H30F3N5O5S. The predicted octanol–water partition coefficient (Wildman–Crippen LogP) is 4.31. The van der Waals surface area contributed by atoms with E-state index in [9.17, 15) is 31.2 Å². The molecule has 14 heteroatoms. The summed E-state index contributed by atoms with van der Waals surface area (Å²) in [7, 11) is -4.15. The number of hydrogen-bond acceptors (Lipinski definition) is 7. The summed E-state index contributed by atoms with van der Waals surface area (Å²) < 4.78 is 71.5. The lowest BCUT2D eigenvalue weighted by molar-refractivity contribution is -0.163. The maximum Gasteiger partial charge on any atom is 0.422 e. The molecule has 1 aliphatic rings. The molecule has 0 fully saturated rings. The van der Waals surface area contributed by atoms with E-state index in [4.69, 9.17) is 11.2 Å². The number of halogens is 3. The lowest BCUT2D eigenvalue weighted by atomic mass is 9.96. The van der Waals surface area contributed by atoms with Gasteiger partial charge in [0.05, 0.1) is 17.0 Å². The fourth-order valence-electron chi connectivity index (χ4n) is 4.62. The highest BCUT2D eigenvalue weighted by Gasteiger charge is 2.36. The third-order valence-electron chi connectivity index (χ3n) is 6.58. The molecular weight excluding hydrogens is 611 g/mol. The van der Waals surface area contributed by atoms with Gasteiger partial charge in [-0.3, -0.25) is 9.59 Å². The highest BCUT2D eigenvalue weighted by atomic mass is 32.2. The molecule has 2 aromatic heterocycles. The number of allylic oxidation sites excluding steroid dienone is 3. The Morgan fingerprint density at radius 2 is 2.00 bits per heavy atom. The van der Waals surface area contributed by atoms with Crippen molar-refractivity contribution in [3.63, 3.8) is 0 Å². The van der Waals surface area contributed by atoms with E-state index in [0.717, 1.165) is 10.2 Å². The van der Waals surface area contributed by atoms with Gasteiger partial charge in [-0.15, -0.1) is 6.42 Å². The number of alkyl halides is 3. The predicted molar refractivity (Wildman–Crippen MR) is 160 cm³/mol. The molecule has 3 aromatic rings. The van der Waals surface area contributed by atoms with E-state index in [-0.39, 0.29) is 34.9 Å². The molecule has 0 saturated heterocycles. The smallest absolute Gasteiger partial charge is 0.422 e. The molecule has 1 aliphatic heterocycles. The van der Waals surface area contributed by atoms with E-state index < -0.39 is 46.4 Å². The first-order chi connectivity index (χ1) is 21.3. The minimum atomic E-state index is -4.51. The monoisotopic (exact) mass is 641 g/mol. The molecule has 1 aromatic carbocycles. The lowest BCUT2D eigenvalue weighted by Crippen LogP contribution is -2.42. The van der Waals surface area contributed by atoms with Crippen molar-refractivity contribution in [1.29, 1.82) is 0 Å². The van der Waals surface area contributed by atoms with Crippen molar-refractivity contribution in [2.24, 2.45) is 0 Å². The van der Waals surface area contributed by atoms with Crippen LogP contribution in [0.4, 0.5) is 13.2 Å². The quantitative estimate of drug-likeness (QED) is 0.130. The number of nitrogens with zero attached hydrogens (tertiary/aromatic N) is 3. The van der Waals surface area contributed by atoms with Crippen LogP contribution in [-0.4, -0.2) is 53.8 Å². The van der Waals surface area contributed by atoms with Gasteiger partial charge in [-0.25, -0.2) is 22.8 Å². The summed E-state index contributed by atoms with van der Waals surface area (Å²) in [4.78, 5) is 31.1. The van der Waals surface area contributed by atoms with E-state index in [1.54, 1.807) is 48.7 Å². The van der Waals surface area contributed by atoms with Crippen LogP contribution in [0.5, 0.6) is 0 Å². The number of hydrogen-bond donors (Lipinski definition) is 2. The topological polar surface area (TPSA) is 132 Å². The first-order valence-electron chi connectivity index (χ1n) is 13.8. The first-order valence-corrected chi connectivity index (χ1v) is 15.5. The van der Waals surface area contributed by atoms with Crippen LogP contribution in [0.25, 0.3) is 5.82 Å². The normalized spacial score (nSPS) is 15.3. The van der Waals surface area contributed by atoms with Gasteiger partial charge < -0.3 is 10.1 Å². The van der Waals surface area contributed by atoms with Crippen LogP contribution in [0.1, 0.15) is 56.9 Å². The largest absolute Gasteiger partial charge is 0.484 e. The Morgan fingerprint density at radius 1 is 1.24 bits per heavy atom. The molecule has 2 N–H and O–H groups in total. The number of fused-ring (bicyclic) bond motifs is 1. The SMILES string of the molecule is C#C/C=C\C(=C/CCC[C@H]1Cc2nn(-c3ccc(C)cn3)c(C(=O)NS(=O)(=O)Cc3ccccc3)c2C(=O)N1)OCC(F)(F)F. The molecule has 0 saturated carbocycles. The summed E-state index contributed by atoms with van der Waals surface area (Å²) in [5, 5.41) is 7.32. The van der Waals surface area contributed by atoms with Gasteiger partial charge >= 0.3 is 6.18 Å². The Bertz CT molecular complexity index is 1740. The Labute approximate surface area is 258 Å². The molecule has 0 unspecified atom stereocenters. The number of carbonyl (C=O) groups excluding carboxylic acids is 2. The van der Waals surface area contributed by atoms with Gasteiger partial charge in [0.1, 0.15) is 11.5 Å². The van der Waals surface area contributed by atoms with Crippen molar-refractivity contribution in [3.8, 4) is 18.2 Å². The minimum Gasteiger partial charge on any atom is -0.484 e. The fraction of sp³-hybridized carbons (Fsp3) is 0.290. The van der Waals surface area contributed by atoms with Crippen molar-refractivity contribution in [1.82, 2.24) is 24.8 Å². The van der Waals surface area contributed by atoms with E-state index >= 15 is 0 Å². The number of benzene rings is 1. The summed E-state index contributed by atoms with van der Waals surface area (Å²) in [6.45, 7) is 0.357. The zero-order chi connectivity index (χ0) is 32.6. The van der Waals surface area contributed by atoms with Crippen molar-refractivity contribution >= 4 is 21.8 Å². The van der Waals surface area contributed by atoms with Crippen molar-refractivity contribution in [2.45, 2.75) is 50.6 Å². The second-order valence-electron chi connectivity index (χ2n) is 10.3. The Balaban J connectivity index is 1.53. The van der Waals surface area contributed by atoms with Gasteiger partial charge in [0.2, 0.25) is 10.0 Å². The van der Waals surface area contributed by atoms with Gasteiger partial charge in [-0.2, -0.15) is 18.3 Å². The summed E-state index contributed by atoms with van der Waals surface area (Å²) in [6, 6.07) is 11.2. The van der Waals surface area contributed by atoms with Crippen LogP contribution in [0, 0.1) is 19.3 Å². The van der Waals surface area contributed by atoms with Crippen molar-refractivity contribution in [2.75, 3.05) is 6.61 Å². The number of amides is 2. The van der Waals surface area contributed by atoms with Crippen LogP contribution < -0.4 is 10.0 Å². The molecule has 0 radical (unpaired) electrons. The van der Waals surface area contributed by atoms with Gasteiger partial charge in [0.25, 0.3) is 11.8 Å². The van der Waals surface area contributed by atoms with E-state index in [0.29, 0.717) is 24.8 Å². The highest BCUT2D eigenvalue weighted by Crippen LogP contribution is 2.25. The van der Waals surface area contributed by atoms with Crippen LogP contribution in [-0.2, 0) is 26.9 Å². The third kappa shape index (κ3) is 9.29. The maximum atomic E-state index is 13.5. The Morgan fingerprint density at radius 3 is 2.67 bits per heavy atom. The average Bonchev–Trinajstić information content (AvgIpc) is 3.36. The van der Waals surface area contributed by atoms with Crippen LogP contribution >= 0.6 is 0 Å². The standard InChI is InChI=1S/C31H30F3N5O5S/c1-3-4-13-24(44-20-31(32,33)34)14-9-8-12-23-17-25-27(29(40)36-23)28(39(37-25)26-16-15-21(2)18-35-26)30(41)38-45(42,43)19-22-10-6-5-7-11-22/h1,4-7,10-11,13-16,18,23H,8-9,12,17,19-20H2,2H3,(H,36,40)(H,38,41)/b13-4-,24-14+/t23-/m0/s1. The zero-order valence-corrected chi connectivity index (χ0v) is 25.0. The van der Waals surface area contributed by atoms with Gasteiger partial charge in [-0.05, 0) is 61.6 Å². The second-order valence-corrected chi connectivity index (χ2v) is 12.0. The number of unbranched alkanes of at least 4 members (excludes halogenated alkanes) is 1. The number of ether oxygens (including phenoxy) is 1. The highest BCUT2D eigenvalue weighted by molar-refractivity contribution is 7.89. The Hall–Kier alpha value is -4.90. The average molecular weight is 642 g/mol. The summed E-state index contributed by atoms with van der Waals surface area (Å²) >= 11 is 0. The minimum absolute atomic E-state index is 0.0255. The van der Waals surface area contributed by atoms with Crippen molar-refractivity contribution < 1.29 is 35.9 Å². The molecule has 1 atom stereocenters. The molecule has 0 spiro atoms. The third-order valence-corrected chi connectivity index (χ3v) is 7.79. The first kappa shape index (κ1) is 33.0. The molecule has 0 bridgehead atoms. The van der Waals surface area contributed by atoms with Crippen LogP contribution in [0.3, 0.4) is 0 Å². The number of terminal acetylenes is 1. The summed E-state index contributed by atoms with van der Waals surface area (Å²) in [6.07, 6.45) is 7.60. The van der Waals surface area contributed by atoms with Crippen LogP contribution in [0.15, 0.2) is 72.6 Å². The summed E-state index contributed by atoms with van der Waals surface area (Å²) in [5.74, 6) is 0.274. The number of rotatable bonds is 12. The Kier molecular flexibility index (Phi) is 10.5. The molecule has 236 valence electrons. The second kappa shape index (κ2) is 14.3. The number of carbonyl (C=O) groups is 2. The van der Waals surface area contributed by atoms with E-state index in [1.807, 2.05) is 6.92 Å². The zero-order valence-electron chi connectivity index (χ0n) is 24.2. The number of aryl methyl sites for hydroxylation is 1. The lowest BCUT2D eigenvalue weighted by Gasteiger charge is -2.23. The maximum absolute atomic E-state index is 13.5. The molecule has 4 rings (SSSR count). The number of sulfonamides is 1. The molecule has 0 aliphatic carbocycles. The van der Waals surface area contributed by atoms with Gasteiger partial charge in [0, 0.05) is 18.7 Å². The fourth-order valence-corrected chi connectivity index (χ4v) is 5.70. The van der Waals surface area contributed by atoms with Crippen LogP contribution in [0.2, 0.25) is 0 Å². The van der Waals surface area contributed by atoms with E-state index in [1.165, 1.54) is 18.2 Å². The molecule has 10 nitrogen and oxygen atoms in total. The van der Waals surface area contributed by atoms with E-state index in [2.05, 4.69) is 26.0 Å².